The van der Waals surface area contributed by atoms with Gasteiger partial charge in [-0.1, -0.05) is 24.3 Å². The lowest BCUT2D eigenvalue weighted by atomic mass is 10.1. The Morgan fingerprint density at radius 3 is 2.08 bits per heavy atom. The van der Waals surface area contributed by atoms with Gasteiger partial charge in [0.05, 0.1) is 23.7 Å². The van der Waals surface area contributed by atoms with Gasteiger partial charge in [-0.2, -0.15) is 0 Å². The number of nitrogens with one attached hydrogen (secondary N) is 2. The van der Waals surface area contributed by atoms with Crippen LogP contribution in [0, 0.1) is 13.8 Å². The number of halogens is 1. The number of fused-ring (bicyclic) bond motifs is 2. The molecule has 4 rings (SSSR count). The van der Waals surface area contributed by atoms with Gasteiger partial charge in [-0.3, -0.25) is 0 Å². The molecule has 0 unspecified atom stereocenters. The van der Waals surface area contributed by atoms with E-state index in [9.17, 15) is 4.79 Å². The highest BCUT2D eigenvalue weighted by Crippen LogP contribution is 2.24. The quantitative estimate of drug-likeness (QED) is 0.415. The summed E-state index contributed by atoms with van der Waals surface area (Å²) >= 11 is 3.48. The van der Waals surface area contributed by atoms with E-state index in [0.29, 0.717) is 5.56 Å². The summed E-state index contributed by atoms with van der Waals surface area (Å²) in [6.07, 6.45) is 3.91. The predicted octanol–water partition coefficient (Wildman–Crippen LogP) is 5.50. The van der Waals surface area contributed by atoms with Gasteiger partial charge in [0.1, 0.15) is 0 Å². The molecule has 0 aliphatic carbocycles. The molecular weight excluding hydrogens is 380 g/mol. The molecule has 5 heteroatoms. The van der Waals surface area contributed by atoms with Gasteiger partial charge in [-0.25, -0.2) is 4.79 Å². The minimum Gasteiger partial charge on any atom is -0.465 e. The average Bonchev–Trinajstić information content (AvgIpc) is 3.19. The van der Waals surface area contributed by atoms with E-state index in [-0.39, 0.29) is 5.97 Å². The van der Waals surface area contributed by atoms with Crippen LogP contribution in [0.4, 0.5) is 0 Å². The molecule has 25 heavy (non-hydrogen) atoms. The molecule has 2 heterocycles. The lowest BCUT2D eigenvalue weighted by Crippen LogP contribution is -2.01. The monoisotopic (exact) mass is 398 g/mol. The molecule has 4 nitrogen and oxygen atoms in total. The first-order valence-electron chi connectivity index (χ1n) is 7.90. The Kier molecular flexibility index (Phi) is 4.95. The van der Waals surface area contributed by atoms with Crippen LogP contribution in [0.1, 0.15) is 21.5 Å². The Hall–Kier alpha value is -2.53. The van der Waals surface area contributed by atoms with Gasteiger partial charge in [-0.05, 0) is 53.0 Å². The zero-order valence-corrected chi connectivity index (χ0v) is 15.9. The lowest BCUT2D eigenvalue weighted by Gasteiger charge is -2.00. The topological polar surface area (TPSA) is 57.9 Å². The van der Waals surface area contributed by atoms with E-state index in [4.69, 9.17) is 4.74 Å². The number of methoxy groups -OCH3 is 1. The maximum absolute atomic E-state index is 11.4. The number of rotatable bonds is 1. The third-order valence-electron chi connectivity index (χ3n) is 4.20. The lowest BCUT2D eigenvalue weighted by molar-refractivity contribution is 0.0603. The highest BCUT2D eigenvalue weighted by atomic mass is 79.9. The number of aryl methyl sites for hydroxylation is 2. The van der Waals surface area contributed by atoms with Crippen molar-refractivity contribution >= 4 is 43.7 Å². The van der Waals surface area contributed by atoms with Gasteiger partial charge in [0.15, 0.2) is 0 Å². The number of benzene rings is 2. The second kappa shape index (κ2) is 7.15. The number of H-pyrrole nitrogens is 2. The molecule has 0 spiro atoms. The van der Waals surface area contributed by atoms with Crippen molar-refractivity contribution in [3.05, 3.63) is 70.0 Å². The molecule has 0 aliphatic heterocycles. The van der Waals surface area contributed by atoms with Crippen LogP contribution < -0.4 is 0 Å². The van der Waals surface area contributed by atoms with Crippen LogP contribution in [-0.4, -0.2) is 23.0 Å². The van der Waals surface area contributed by atoms with Gasteiger partial charge in [-0.15, -0.1) is 0 Å². The summed E-state index contributed by atoms with van der Waals surface area (Å²) in [5.41, 5.74) is 5.03. The minimum absolute atomic E-state index is 0.308. The Labute approximate surface area is 154 Å². The van der Waals surface area contributed by atoms with Crippen molar-refractivity contribution in [2.24, 2.45) is 0 Å². The summed E-state index contributed by atoms with van der Waals surface area (Å²) in [5.74, 6) is -0.308. The summed E-state index contributed by atoms with van der Waals surface area (Å²) in [6, 6.07) is 11.8. The molecule has 0 aliphatic rings. The normalized spacial score (nSPS) is 10.6. The molecule has 2 N–H and O–H groups in total. The average molecular weight is 399 g/mol. The fraction of sp³-hybridized carbons (Fsp3) is 0.150. The van der Waals surface area contributed by atoms with Gasteiger partial charge < -0.3 is 14.7 Å². The predicted molar refractivity (Wildman–Crippen MR) is 105 cm³/mol. The standard InChI is InChI=1S/C11H11NO2.C9H8BrN/c1-7-6-12-10-8(7)4-3-5-9(10)11(13)14-2;1-6-5-11-9-7(6)3-2-4-8(9)10/h3-6,12H,1-2H3;2-5,11H,1H3. The van der Waals surface area contributed by atoms with Crippen molar-refractivity contribution in [2.45, 2.75) is 13.8 Å². The van der Waals surface area contributed by atoms with Gasteiger partial charge >= 0.3 is 5.97 Å². The van der Waals surface area contributed by atoms with E-state index in [2.05, 4.69) is 38.9 Å². The van der Waals surface area contributed by atoms with E-state index in [1.165, 1.54) is 23.6 Å². The Balaban J connectivity index is 0.000000150. The molecule has 0 bridgehead atoms. The largest absolute Gasteiger partial charge is 0.465 e. The molecule has 0 saturated carbocycles. The number of carbonyl (C=O) groups is 1. The number of esters is 1. The smallest absolute Gasteiger partial charge is 0.339 e. The van der Waals surface area contributed by atoms with E-state index in [1.54, 1.807) is 6.07 Å². The van der Waals surface area contributed by atoms with Gasteiger partial charge in [0.25, 0.3) is 0 Å². The first-order valence-corrected chi connectivity index (χ1v) is 8.69. The molecule has 0 amide bonds. The fourth-order valence-corrected chi connectivity index (χ4v) is 3.31. The molecule has 0 atom stereocenters. The fourth-order valence-electron chi connectivity index (χ4n) is 2.83. The molecule has 128 valence electrons. The SMILES string of the molecule is COC(=O)c1cccc2c(C)c[nH]c12.Cc1c[nH]c2c(Br)cccc12. The van der Waals surface area contributed by atoms with Gasteiger partial charge in [0, 0.05) is 27.6 Å². The van der Waals surface area contributed by atoms with Crippen molar-refractivity contribution in [2.75, 3.05) is 7.11 Å². The third kappa shape index (κ3) is 3.33. The summed E-state index contributed by atoms with van der Waals surface area (Å²) in [6.45, 7) is 4.10. The molecule has 2 aromatic carbocycles. The summed E-state index contributed by atoms with van der Waals surface area (Å²) in [5, 5.41) is 2.35. The zero-order valence-electron chi connectivity index (χ0n) is 14.3. The van der Waals surface area contributed by atoms with Crippen molar-refractivity contribution in [1.82, 2.24) is 9.97 Å². The first-order chi connectivity index (χ1) is 12.0. The van der Waals surface area contributed by atoms with Crippen LogP contribution in [0.25, 0.3) is 21.8 Å². The number of aromatic amines is 2. The highest BCUT2D eigenvalue weighted by molar-refractivity contribution is 9.10. The maximum atomic E-state index is 11.4. The highest BCUT2D eigenvalue weighted by Gasteiger charge is 2.11. The molecular formula is C20H19BrN2O2. The van der Waals surface area contributed by atoms with Crippen LogP contribution in [0.2, 0.25) is 0 Å². The van der Waals surface area contributed by atoms with Crippen LogP contribution in [-0.2, 0) is 4.74 Å². The number of hydrogen-bond donors (Lipinski definition) is 2. The molecule has 4 aromatic rings. The number of hydrogen-bond acceptors (Lipinski definition) is 2. The Bertz CT molecular complexity index is 1050. The van der Waals surface area contributed by atoms with Crippen molar-refractivity contribution in [1.29, 1.82) is 0 Å². The molecule has 0 radical (unpaired) electrons. The number of carbonyl (C=O) groups excluding carboxylic acids is 1. The zero-order chi connectivity index (χ0) is 18.0. The van der Waals surface area contributed by atoms with E-state index < -0.39 is 0 Å². The van der Waals surface area contributed by atoms with Crippen LogP contribution in [0.5, 0.6) is 0 Å². The minimum atomic E-state index is -0.308. The number of aromatic nitrogens is 2. The van der Waals surface area contributed by atoms with Crippen molar-refractivity contribution in [3.8, 4) is 0 Å². The van der Waals surface area contributed by atoms with E-state index in [1.807, 2.05) is 43.6 Å². The Morgan fingerprint density at radius 2 is 1.48 bits per heavy atom. The van der Waals surface area contributed by atoms with Gasteiger partial charge in [0.2, 0.25) is 0 Å². The van der Waals surface area contributed by atoms with Crippen molar-refractivity contribution in [3.63, 3.8) is 0 Å². The summed E-state index contributed by atoms with van der Waals surface area (Å²) in [7, 11) is 1.39. The summed E-state index contributed by atoms with van der Waals surface area (Å²) < 4.78 is 5.82. The second-order valence-electron chi connectivity index (χ2n) is 5.83. The number of para-hydroxylation sites is 2. The van der Waals surface area contributed by atoms with Crippen LogP contribution in [0.15, 0.2) is 53.3 Å². The van der Waals surface area contributed by atoms with Crippen LogP contribution in [0.3, 0.4) is 0 Å². The molecule has 0 saturated heterocycles. The van der Waals surface area contributed by atoms with E-state index >= 15 is 0 Å². The van der Waals surface area contributed by atoms with Crippen molar-refractivity contribution < 1.29 is 9.53 Å². The molecule has 2 aromatic heterocycles. The summed E-state index contributed by atoms with van der Waals surface area (Å²) in [4.78, 5) is 17.7. The third-order valence-corrected chi connectivity index (χ3v) is 4.86. The number of ether oxygens (including phenoxy) is 1. The van der Waals surface area contributed by atoms with E-state index in [0.717, 1.165) is 20.9 Å². The maximum Gasteiger partial charge on any atom is 0.339 e. The first kappa shape index (κ1) is 17.3. The van der Waals surface area contributed by atoms with Crippen LogP contribution >= 0.6 is 15.9 Å². The molecule has 0 fully saturated rings. The second-order valence-corrected chi connectivity index (χ2v) is 6.68. The Morgan fingerprint density at radius 1 is 0.920 bits per heavy atom.